The van der Waals surface area contributed by atoms with E-state index in [0.717, 1.165) is 72.4 Å². The molecule has 2 aliphatic heterocycles. The van der Waals surface area contributed by atoms with Crippen molar-refractivity contribution in [1.82, 2.24) is 4.57 Å². The molecule has 0 radical (unpaired) electrons. The van der Waals surface area contributed by atoms with Crippen molar-refractivity contribution >= 4 is 44.0 Å². The second-order valence-electron chi connectivity index (χ2n) is 13.0. The molecule has 1 unspecified atom stereocenters. The summed E-state index contributed by atoms with van der Waals surface area (Å²) in [6, 6.07) is 33.0. The van der Waals surface area contributed by atoms with E-state index in [2.05, 4.69) is 93.0 Å². The molecule has 5 heteroatoms. The number of carbonyl (C=O) groups excluding carboxylic acids is 1. The van der Waals surface area contributed by atoms with Crippen molar-refractivity contribution in [2.45, 2.75) is 47.0 Å². The lowest BCUT2D eigenvalue weighted by Gasteiger charge is -2.29. The van der Waals surface area contributed by atoms with Crippen LogP contribution in [-0.4, -0.2) is 16.5 Å². The van der Waals surface area contributed by atoms with Gasteiger partial charge in [-0.25, -0.2) is 4.79 Å². The third kappa shape index (κ3) is 4.19. The first-order valence-corrected chi connectivity index (χ1v) is 16.4. The molecule has 0 bridgehead atoms. The molecule has 0 saturated carbocycles. The number of hydrogen-bond donors (Lipinski definition) is 0. The van der Waals surface area contributed by atoms with Crippen LogP contribution in [0.15, 0.2) is 114 Å². The third-order valence-corrected chi connectivity index (χ3v) is 10.1. The van der Waals surface area contributed by atoms with E-state index in [1.54, 1.807) is 0 Å². The maximum atomic E-state index is 14.5. The summed E-state index contributed by atoms with van der Waals surface area (Å²) >= 11 is 0. The number of esters is 1. The van der Waals surface area contributed by atoms with Gasteiger partial charge in [0.2, 0.25) is 0 Å². The SMILES string of the molecule is CCC(C)/C(=C1\C(=O)OC2(Oc3ccc4ccccc4c3-c3c(ccc4ccccc34)O2)C1=C(C)C)c1c(C)n(C)c2ccccc12. The number of para-hydroxylation sites is 1. The van der Waals surface area contributed by atoms with Gasteiger partial charge in [-0.15, -0.1) is 0 Å². The highest BCUT2D eigenvalue weighted by molar-refractivity contribution is 6.12. The number of aryl methyl sites for hydroxylation is 1. The van der Waals surface area contributed by atoms with Crippen molar-refractivity contribution in [3.63, 3.8) is 0 Å². The molecule has 5 nitrogen and oxygen atoms in total. The maximum absolute atomic E-state index is 14.5. The van der Waals surface area contributed by atoms with Gasteiger partial charge in [0.05, 0.1) is 11.1 Å². The Bertz CT molecular complexity index is 2260. The number of ether oxygens (including phenoxy) is 3. The number of nitrogens with zero attached hydrogens (tertiary/aromatic N) is 1. The monoisotopic (exact) mass is 619 g/mol. The van der Waals surface area contributed by atoms with E-state index < -0.39 is 11.9 Å². The molecule has 234 valence electrons. The summed E-state index contributed by atoms with van der Waals surface area (Å²) in [5.74, 6) is -1.04. The van der Waals surface area contributed by atoms with Gasteiger partial charge in [0, 0.05) is 40.3 Å². The van der Waals surface area contributed by atoms with Crippen molar-refractivity contribution in [2.24, 2.45) is 13.0 Å². The van der Waals surface area contributed by atoms with E-state index in [-0.39, 0.29) is 5.92 Å². The molecule has 1 atom stereocenters. The lowest BCUT2D eigenvalue weighted by atomic mass is 9.83. The molecule has 8 rings (SSSR count). The highest BCUT2D eigenvalue weighted by Crippen LogP contribution is 2.54. The molecule has 3 heterocycles. The van der Waals surface area contributed by atoms with Crippen LogP contribution < -0.4 is 9.47 Å². The number of aromatic nitrogens is 1. The Morgan fingerprint density at radius 1 is 0.745 bits per heavy atom. The van der Waals surface area contributed by atoms with E-state index in [1.165, 1.54) is 0 Å². The molecular formula is C42H37NO4. The van der Waals surface area contributed by atoms with E-state index >= 15 is 0 Å². The van der Waals surface area contributed by atoms with Crippen molar-refractivity contribution < 1.29 is 19.0 Å². The second-order valence-corrected chi connectivity index (χ2v) is 13.0. The van der Waals surface area contributed by atoms with Gasteiger partial charge < -0.3 is 18.8 Å². The Balaban J connectivity index is 1.46. The standard InChI is InChI=1S/C42H37NO4/c1-7-25(4)35(36-26(5)43(6)32-19-13-12-18-31(32)36)39-40(24(2)3)42(47-41(39)44)45-33-22-20-27-14-8-10-16-29(27)37(33)38-30-17-11-9-15-28(30)21-23-34(38)46-42/h8-23,25H,7H2,1-6H3/b39-35+. The zero-order valence-corrected chi connectivity index (χ0v) is 27.6. The summed E-state index contributed by atoms with van der Waals surface area (Å²) in [5, 5.41) is 5.35. The average molecular weight is 620 g/mol. The second kappa shape index (κ2) is 10.6. The molecule has 47 heavy (non-hydrogen) atoms. The largest absolute Gasteiger partial charge is 0.450 e. The Morgan fingerprint density at radius 3 is 1.83 bits per heavy atom. The minimum absolute atomic E-state index is 0.0461. The van der Waals surface area contributed by atoms with E-state index in [0.29, 0.717) is 22.6 Å². The van der Waals surface area contributed by atoms with Crippen LogP contribution in [-0.2, 0) is 16.6 Å². The van der Waals surface area contributed by atoms with Crippen LogP contribution in [0.5, 0.6) is 11.5 Å². The Labute approximate surface area is 274 Å². The van der Waals surface area contributed by atoms with E-state index in [4.69, 9.17) is 14.2 Å². The highest BCUT2D eigenvalue weighted by atomic mass is 16.9. The number of rotatable bonds is 3. The Morgan fingerprint density at radius 2 is 1.28 bits per heavy atom. The molecule has 6 aromatic rings. The molecule has 1 saturated heterocycles. The van der Waals surface area contributed by atoms with Crippen molar-refractivity contribution in [1.29, 1.82) is 0 Å². The van der Waals surface area contributed by atoms with Crippen LogP contribution in [0.1, 0.15) is 45.4 Å². The average Bonchev–Trinajstić information content (AvgIpc) is 3.43. The molecule has 1 spiro atoms. The fraction of sp³-hybridized carbons (Fsp3) is 0.214. The number of hydrogen-bond acceptors (Lipinski definition) is 4. The predicted molar refractivity (Wildman–Crippen MR) is 189 cm³/mol. The summed E-state index contributed by atoms with van der Waals surface area (Å²) in [6.07, 6.45) is 0.836. The number of carbonyl (C=O) groups is 1. The minimum Gasteiger partial charge on any atom is -0.416 e. The maximum Gasteiger partial charge on any atom is 0.450 e. The van der Waals surface area contributed by atoms with Gasteiger partial charge in [0.15, 0.2) is 0 Å². The first-order valence-electron chi connectivity index (χ1n) is 16.4. The molecule has 5 aromatic carbocycles. The summed E-state index contributed by atoms with van der Waals surface area (Å²) in [6.45, 7) is 10.5. The number of benzene rings is 5. The lowest BCUT2D eigenvalue weighted by Crippen LogP contribution is -2.43. The van der Waals surface area contributed by atoms with Crippen LogP contribution >= 0.6 is 0 Å². The Kier molecular flexibility index (Phi) is 6.59. The summed E-state index contributed by atoms with van der Waals surface area (Å²) in [4.78, 5) is 14.5. The molecule has 2 aliphatic rings. The van der Waals surface area contributed by atoms with Crippen LogP contribution in [0.2, 0.25) is 0 Å². The zero-order valence-electron chi connectivity index (χ0n) is 27.6. The quantitative estimate of drug-likeness (QED) is 0.146. The summed E-state index contributed by atoms with van der Waals surface area (Å²) in [7, 11) is 2.08. The summed E-state index contributed by atoms with van der Waals surface area (Å²) < 4.78 is 22.6. The molecule has 0 amide bonds. The Hall–Kier alpha value is -5.29. The molecule has 0 aliphatic carbocycles. The summed E-state index contributed by atoms with van der Waals surface area (Å²) in [5.41, 5.74) is 8.07. The highest BCUT2D eigenvalue weighted by Gasteiger charge is 2.58. The first-order chi connectivity index (χ1) is 22.7. The molecule has 1 aromatic heterocycles. The zero-order chi connectivity index (χ0) is 32.6. The fourth-order valence-electron chi connectivity index (χ4n) is 7.61. The van der Waals surface area contributed by atoms with Crippen LogP contribution in [0.25, 0.3) is 49.1 Å². The van der Waals surface area contributed by atoms with Crippen molar-refractivity contribution in [3.8, 4) is 22.6 Å². The van der Waals surface area contributed by atoms with Gasteiger partial charge in [-0.05, 0) is 78.4 Å². The normalized spacial score (nSPS) is 16.8. The number of fused-ring (bicyclic) bond motifs is 8. The smallest absolute Gasteiger partial charge is 0.416 e. The molecular weight excluding hydrogens is 582 g/mol. The first kappa shape index (κ1) is 29.1. The van der Waals surface area contributed by atoms with Crippen LogP contribution in [0.3, 0.4) is 0 Å². The fourth-order valence-corrected chi connectivity index (χ4v) is 7.61. The number of allylic oxidation sites excluding steroid dienone is 2. The van der Waals surface area contributed by atoms with Gasteiger partial charge in [-0.2, -0.15) is 0 Å². The molecule has 0 N–H and O–H groups in total. The van der Waals surface area contributed by atoms with E-state index in [9.17, 15) is 4.79 Å². The lowest BCUT2D eigenvalue weighted by molar-refractivity contribution is -0.244. The van der Waals surface area contributed by atoms with Gasteiger partial charge in [-0.3, -0.25) is 0 Å². The third-order valence-electron chi connectivity index (χ3n) is 10.1. The van der Waals surface area contributed by atoms with Crippen LogP contribution in [0.4, 0.5) is 0 Å². The van der Waals surface area contributed by atoms with Gasteiger partial charge >= 0.3 is 11.9 Å². The van der Waals surface area contributed by atoms with Crippen molar-refractivity contribution in [2.75, 3.05) is 0 Å². The van der Waals surface area contributed by atoms with E-state index in [1.807, 2.05) is 50.2 Å². The topological polar surface area (TPSA) is 49.7 Å². The van der Waals surface area contributed by atoms with Gasteiger partial charge in [-0.1, -0.05) is 98.3 Å². The van der Waals surface area contributed by atoms with Crippen molar-refractivity contribution in [3.05, 3.63) is 125 Å². The minimum atomic E-state index is -1.83. The predicted octanol–water partition coefficient (Wildman–Crippen LogP) is 10.3. The van der Waals surface area contributed by atoms with Gasteiger partial charge in [0.25, 0.3) is 0 Å². The van der Waals surface area contributed by atoms with Crippen LogP contribution in [0, 0.1) is 12.8 Å². The molecule has 1 fully saturated rings. The van der Waals surface area contributed by atoms with Gasteiger partial charge in [0.1, 0.15) is 11.5 Å².